The number of aryl methyl sites for hydroxylation is 2. The van der Waals surface area contributed by atoms with Crippen molar-refractivity contribution in [2.75, 3.05) is 0 Å². The zero-order chi connectivity index (χ0) is 8.01. The predicted molar refractivity (Wildman–Crippen MR) is 43.5 cm³/mol. The van der Waals surface area contributed by atoms with Crippen LogP contribution in [0.5, 0.6) is 0 Å². The lowest BCUT2D eigenvalue weighted by Crippen LogP contribution is -2.14. The molecular weight excluding hydrogens is 139 g/mol. The number of hydrogen-bond donors (Lipinski definition) is 0. The standard InChI is InChI=1S/C10H11F/c1-6-3-7(2)10-8(4-6)5-9(10)11/h3-4,9H,5H2,1-2H3. The molecule has 0 aliphatic heterocycles. The molecule has 1 aromatic carbocycles. The van der Waals surface area contributed by atoms with Gasteiger partial charge in [0, 0.05) is 6.42 Å². The smallest absolute Gasteiger partial charge is 0.130 e. The molecule has 0 fully saturated rings. The van der Waals surface area contributed by atoms with Gasteiger partial charge in [0.25, 0.3) is 0 Å². The summed E-state index contributed by atoms with van der Waals surface area (Å²) in [6.45, 7) is 4.04. The van der Waals surface area contributed by atoms with E-state index in [0.717, 1.165) is 11.1 Å². The molecule has 1 unspecified atom stereocenters. The maximum Gasteiger partial charge on any atom is 0.130 e. The number of rotatable bonds is 0. The van der Waals surface area contributed by atoms with Crippen molar-refractivity contribution in [2.24, 2.45) is 0 Å². The van der Waals surface area contributed by atoms with E-state index in [4.69, 9.17) is 0 Å². The molecule has 0 saturated heterocycles. The molecule has 0 spiro atoms. The quantitative estimate of drug-likeness (QED) is 0.533. The van der Waals surface area contributed by atoms with Crippen molar-refractivity contribution < 1.29 is 4.39 Å². The van der Waals surface area contributed by atoms with Gasteiger partial charge in [0.1, 0.15) is 6.17 Å². The first kappa shape index (κ1) is 6.84. The van der Waals surface area contributed by atoms with E-state index in [1.807, 2.05) is 13.0 Å². The molecule has 1 atom stereocenters. The number of benzene rings is 1. The third-order valence-corrected chi connectivity index (χ3v) is 2.33. The number of halogens is 1. The van der Waals surface area contributed by atoms with E-state index >= 15 is 0 Å². The van der Waals surface area contributed by atoms with Crippen LogP contribution < -0.4 is 0 Å². The normalized spacial score (nSPS) is 20.8. The Morgan fingerprint density at radius 3 is 2.64 bits per heavy atom. The molecule has 0 radical (unpaired) electrons. The van der Waals surface area contributed by atoms with Gasteiger partial charge in [0.05, 0.1) is 0 Å². The number of fused-ring (bicyclic) bond motifs is 1. The zero-order valence-electron chi connectivity index (χ0n) is 6.82. The van der Waals surface area contributed by atoms with Crippen molar-refractivity contribution in [1.29, 1.82) is 0 Å². The summed E-state index contributed by atoms with van der Waals surface area (Å²) in [5.74, 6) is 0. The van der Waals surface area contributed by atoms with Crippen LogP contribution in [0.25, 0.3) is 0 Å². The molecule has 0 saturated carbocycles. The second-order valence-electron chi connectivity index (χ2n) is 3.33. The predicted octanol–water partition coefficient (Wildman–Crippen LogP) is 2.87. The summed E-state index contributed by atoms with van der Waals surface area (Å²) in [7, 11) is 0. The average Bonchev–Trinajstić information content (AvgIpc) is 1.83. The topological polar surface area (TPSA) is 0 Å². The highest BCUT2D eigenvalue weighted by Gasteiger charge is 2.27. The molecule has 0 nitrogen and oxygen atoms in total. The summed E-state index contributed by atoms with van der Waals surface area (Å²) < 4.78 is 12.9. The van der Waals surface area contributed by atoms with Gasteiger partial charge in [-0.05, 0) is 30.5 Å². The van der Waals surface area contributed by atoms with E-state index < -0.39 is 6.17 Å². The van der Waals surface area contributed by atoms with Crippen LogP contribution in [0.1, 0.15) is 28.4 Å². The van der Waals surface area contributed by atoms with Gasteiger partial charge < -0.3 is 0 Å². The largest absolute Gasteiger partial charge is 0.242 e. The minimum Gasteiger partial charge on any atom is -0.242 e. The first-order chi connectivity index (χ1) is 5.18. The zero-order valence-corrected chi connectivity index (χ0v) is 6.82. The van der Waals surface area contributed by atoms with Gasteiger partial charge in [-0.3, -0.25) is 0 Å². The molecule has 0 heterocycles. The summed E-state index contributed by atoms with van der Waals surface area (Å²) in [4.78, 5) is 0. The Hall–Kier alpha value is -0.850. The van der Waals surface area contributed by atoms with E-state index in [1.54, 1.807) is 0 Å². The second kappa shape index (κ2) is 2.07. The van der Waals surface area contributed by atoms with Crippen molar-refractivity contribution in [1.82, 2.24) is 0 Å². The van der Waals surface area contributed by atoms with Gasteiger partial charge in [-0.15, -0.1) is 0 Å². The van der Waals surface area contributed by atoms with E-state index in [2.05, 4.69) is 13.0 Å². The van der Waals surface area contributed by atoms with E-state index in [1.165, 1.54) is 11.1 Å². The van der Waals surface area contributed by atoms with E-state index in [9.17, 15) is 4.39 Å². The Bertz CT molecular complexity index is 285. The molecule has 0 N–H and O–H groups in total. The monoisotopic (exact) mass is 150 g/mol. The Morgan fingerprint density at radius 1 is 1.36 bits per heavy atom. The number of hydrogen-bond acceptors (Lipinski definition) is 0. The van der Waals surface area contributed by atoms with Gasteiger partial charge in [-0.1, -0.05) is 17.7 Å². The van der Waals surface area contributed by atoms with Crippen molar-refractivity contribution in [3.8, 4) is 0 Å². The third-order valence-electron chi connectivity index (χ3n) is 2.33. The lowest BCUT2D eigenvalue weighted by molar-refractivity contribution is 0.304. The highest BCUT2D eigenvalue weighted by atomic mass is 19.1. The Balaban J connectivity index is 2.58. The van der Waals surface area contributed by atoms with Crippen LogP contribution in [0, 0.1) is 13.8 Å². The number of alkyl halides is 1. The summed E-state index contributed by atoms with van der Waals surface area (Å²) in [6, 6.07) is 4.13. The molecule has 1 aliphatic rings. The van der Waals surface area contributed by atoms with Gasteiger partial charge in [-0.2, -0.15) is 0 Å². The Kier molecular flexibility index (Phi) is 1.28. The second-order valence-corrected chi connectivity index (χ2v) is 3.33. The van der Waals surface area contributed by atoms with Gasteiger partial charge in [0.15, 0.2) is 0 Å². The van der Waals surface area contributed by atoms with Gasteiger partial charge in [-0.25, -0.2) is 4.39 Å². The van der Waals surface area contributed by atoms with Crippen LogP contribution in [0.2, 0.25) is 0 Å². The lowest BCUT2D eigenvalue weighted by Gasteiger charge is -2.26. The van der Waals surface area contributed by atoms with Crippen LogP contribution in [-0.4, -0.2) is 0 Å². The van der Waals surface area contributed by atoms with Crippen molar-refractivity contribution in [2.45, 2.75) is 26.4 Å². The van der Waals surface area contributed by atoms with Crippen molar-refractivity contribution in [3.63, 3.8) is 0 Å². The summed E-state index contributed by atoms with van der Waals surface area (Å²) in [6.07, 6.45) is -0.0664. The van der Waals surface area contributed by atoms with Crippen LogP contribution in [0.3, 0.4) is 0 Å². The molecule has 1 aromatic rings. The van der Waals surface area contributed by atoms with Crippen LogP contribution in [0.4, 0.5) is 4.39 Å². The molecule has 1 heteroatoms. The summed E-state index contributed by atoms with van der Waals surface area (Å²) >= 11 is 0. The fourth-order valence-corrected chi connectivity index (χ4v) is 1.85. The van der Waals surface area contributed by atoms with Crippen LogP contribution in [0.15, 0.2) is 12.1 Å². The minimum absolute atomic E-state index is 0.623. The Morgan fingerprint density at radius 2 is 2.09 bits per heavy atom. The maximum atomic E-state index is 12.9. The Labute approximate surface area is 66.1 Å². The van der Waals surface area contributed by atoms with Crippen LogP contribution >= 0.6 is 0 Å². The summed E-state index contributed by atoms with van der Waals surface area (Å²) in [5.41, 5.74) is 4.50. The maximum absolute atomic E-state index is 12.9. The lowest BCUT2D eigenvalue weighted by atomic mass is 9.82. The van der Waals surface area contributed by atoms with Gasteiger partial charge >= 0.3 is 0 Å². The molecule has 0 aromatic heterocycles. The molecule has 0 bridgehead atoms. The first-order valence-corrected chi connectivity index (χ1v) is 3.92. The minimum atomic E-state index is -0.689. The first-order valence-electron chi connectivity index (χ1n) is 3.92. The average molecular weight is 150 g/mol. The van der Waals surface area contributed by atoms with Crippen molar-refractivity contribution >= 4 is 0 Å². The highest BCUT2D eigenvalue weighted by Crippen LogP contribution is 2.38. The molecule has 58 valence electrons. The molecule has 0 amide bonds. The molecule has 1 aliphatic carbocycles. The fourth-order valence-electron chi connectivity index (χ4n) is 1.85. The molecular formula is C10H11F. The fraction of sp³-hybridized carbons (Fsp3) is 0.400. The summed E-state index contributed by atoms with van der Waals surface area (Å²) in [5, 5.41) is 0. The van der Waals surface area contributed by atoms with Crippen molar-refractivity contribution in [3.05, 3.63) is 34.4 Å². The molecule has 11 heavy (non-hydrogen) atoms. The highest BCUT2D eigenvalue weighted by molar-refractivity contribution is 5.46. The van der Waals surface area contributed by atoms with Gasteiger partial charge in [0.2, 0.25) is 0 Å². The molecule has 2 rings (SSSR count). The third kappa shape index (κ3) is 0.873. The van der Waals surface area contributed by atoms with E-state index in [-0.39, 0.29) is 0 Å². The van der Waals surface area contributed by atoms with E-state index in [0.29, 0.717) is 6.42 Å². The SMILES string of the molecule is Cc1cc(C)c2c(c1)CC2F. The van der Waals surface area contributed by atoms with Crippen LogP contribution in [-0.2, 0) is 6.42 Å².